The molecule has 0 amide bonds. The molecular formula is C11H8F6O2. The highest BCUT2D eigenvalue weighted by atomic mass is 19.4. The highest BCUT2D eigenvalue weighted by Gasteiger charge is 2.27. The van der Waals surface area contributed by atoms with E-state index in [0.29, 0.717) is 6.07 Å². The molecule has 8 heteroatoms. The number of carbonyl (C=O) groups excluding carboxylic acids is 1. The maximum atomic E-state index is 13.1. The molecule has 0 heterocycles. The van der Waals surface area contributed by atoms with Gasteiger partial charge in [-0.15, -0.1) is 0 Å². The summed E-state index contributed by atoms with van der Waals surface area (Å²) in [5.41, 5.74) is -0.727. The van der Waals surface area contributed by atoms with Crippen LogP contribution >= 0.6 is 0 Å². The average molecular weight is 286 g/mol. The van der Waals surface area contributed by atoms with E-state index in [1.807, 2.05) is 0 Å². The summed E-state index contributed by atoms with van der Waals surface area (Å²) in [7, 11) is 0. The Morgan fingerprint density at radius 2 is 1.63 bits per heavy atom. The number of alkyl halides is 3. The highest BCUT2D eigenvalue weighted by molar-refractivity contribution is 5.96. The van der Waals surface area contributed by atoms with Crippen LogP contribution < -0.4 is 0 Å². The normalized spacial score (nSPS) is 11.7. The van der Waals surface area contributed by atoms with Gasteiger partial charge in [-0.25, -0.2) is 13.2 Å². The summed E-state index contributed by atoms with van der Waals surface area (Å²) in [6.07, 6.45) is -5.10. The van der Waals surface area contributed by atoms with Crippen molar-refractivity contribution in [3.05, 3.63) is 35.1 Å². The summed E-state index contributed by atoms with van der Waals surface area (Å²) >= 11 is 0. The molecule has 0 saturated heterocycles. The summed E-state index contributed by atoms with van der Waals surface area (Å²) in [5, 5.41) is 0. The number of ether oxygens (including phenoxy) is 1. The van der Waals surface area contributed by atoms with Crippen molar-refractivity contribution in [2.45, 2.75) is 12.6 Å². The van der Waals surface area contributed by atoms with Crippen LogP contribution in [-0.4, -0.2) is 25.2 Å². The first-order valence-electron chi connectivity index (χ1n) is 5.03. The smallest absolute Gasteiger partial charge is 0.372 e. The molecule has 0 aliphatic carbocycles. The minimum atomic E-state index is -4.53. The summed E-state index contributed by atoms with van der Waals surface area (Å²) < 4.78 is 77.8. The largest absolute Gasteiger partial charge is 0.411 e. The summed E-state index contributed by atoms with van der Waals surface area (Å²) in [6, 6.07) is 0.551. The van der Waals surface area contributed by atoms with Gasteiger partial charge in [-0.2, -0.15) is 13.2 Å². The van der Waals surface area contributed by atoms with Crippen LogP contribution in [0, 0.1) is 17.5 Å². The van der Waals surface area contributed by atoms with E-state index in [0.717, 1.165) is 0 Å². The van der Waals surface area contributed by atoms with Crippen molar-refractivity contribution in [3.8, 4) is 0 Å². The number of hydrogen-bond acceptors (Lipinski definition) is 2. The molecule has 0 fully saturated rings. The number of rotatable bonds is 5. The number of benzene rings is 1. The Bertz CT molecular complexity index is 469. The monoisotopic (exact) mass is 286 g/mol. The molecular weight excluding hydrogens is 278 g/mol. The Balaban J connectivity index is 2.57. The summed E-state index contributed by atoms with van der Waals surface area (Å²) in [5.74, 6) is -5.12. The van der Waals surface area contributed by atoms with Gasteiger partial charge in [0.1, 0.15) is 12.4 Å². The van der Waals surface area contributed by atoms with Crippen LogP contribution in [0.3, 0.4) is 0 Å². The van der Waals surface area contributed by atoms with E-state index in [4.69, 9.17) is 0 Å². The van der Waals surface area contributed by atoms with E-state index in [1.165, 1.54) is 0 Å². The maximum absolute atomic E-state index is 13.1. The predicted molar refractivity (Wildman–Crippen MR) is 52.1 cm³/mol. The van der Waals surface area contributed by atoms with Gasteiger partial charge in [0.25, 0.3) is 0 Å². The fraction of sp³-hybridized carbons (Fsp3) is 0.364. The van der Waals surface area contributed by atoms with Crippen LogP contribution in [0.5, 0.6) is 0 Å². The Kier molecular flexibility index (Phi) is 4.93. The standard InChI is InChI=1S/C11H8F6O2/c12-7-4-9(14)8(13)3-6(7)10(18)1-2-19-5-11(15,16)17/h3-4H,1-2,5H2. The van der Waals surface area contributed by atoms with Crippen molar-refractivity contribution in [3.63, 3.8) is 0 Å². The third-order valence-corrected chi connectivity index (χ3v) is 2.05. The van der Waals surface area contributed by atoms with Crippen molar-refractivity contribution in [2.75, 3.05) is 13.2 Å². The van der Waals surface area contributed by atoms with Gasteiger partial charge in [-0.3, -0.25) is 4.79 Å². The van der Waals surface area contributed by atoms with Crippen LogP contribution in [0.1, 0.15) is 16.8 Å². The lowest BCUT2D eigenvalue weighted by atomic mass is 10.1. The van der Waals surface area contributed by atoms with Crippen LogP contribution in [0.2, 0.25) is 0 Å². The van der Waals surface area contributed by atoms with Crippen molar-refractivity contribution < 1.29 is 35.9 Å². The van der Waals surface area contributed by atoms with Gasteiger partial charge >= 0.3 is 6.18 Å². The molecule has 0 aliphatic rings. The first-order valence-corrected chi connectivity index (χ1v) is 5.03. The van der Waals surface area contributed by atoms with Crippen LogP contribution in [0.25, 0.3) is 0 Å². The van der Waals surface area contributed by atoms with E-state index in [9.17, 15) is 31.1 Å². The first-order chi connectivity index (χ1) is 8.70. The fourth-order valence-electron chi connectivity index (χ4n) is 1.22. The lowest BCUT2D eigenvalue weighted by Crippen LogP contribution is -2.18. The van der Waals surface area contributed by atoms with Gasteiger partial charge in [0.15, 0.2) is 17.4 Å². The van der Waals surface area contributed by atoms with Crippen molar-refractivity contribution in [1.82, 2.24) is 0 Å². The van der Waals surface area contributed by atoms with E-state index in [1.54, 1.807) is 0 Å². The van der Waals surface area contributed by atoms with E-state index in [2.05, 4.69) is 4.74 Å². The van der Waals surface area contributed by atoms with Crippen molar-refractivity contribution in [1.29, 1.82) is 0 Å². The van der Waals surface area contributed by atoms with Gasteiger partial charge in [0.2, 0.25) is 0 Å². The molecule has 106 valence electrons. The Morgan fingerprint density at radius 3 is 2.21 bits per heavy atom. The molecule has 1 aromatic rings. The average Bonchev–Trinajstić information content (AvgIpc) is 2.28. The summed E-state index contributed by atoms with van der Waals surface area (Å²) in [4.78, 5) is 11.4. The SMILES string of the molecule is O=C(CCOCC(F)(F)F)c1cc(F)c(F)cc1F. The molecule has 0 atom stereocenters. The van der Waals surface area contributed by atoms with Crippen LogP contribution in [-0.2, 0) is 4.74 Å². The van der Waals surface area contributed by atoms with Gasteiger partial charge in [0.05, 0.1) is 12.2 Å². The molecule has 19 heavy (non-hydrogen) atoms. The zero-order valence-corrected chi connectivity index (χ0v) is 9.36. The van der Waals surface area contributed by atoms with Crippen molar-refractivity contribution >= 4 is 5.78 Å². The second-order valence-corrected chi connectivity index (χ2v) is 3.59. The zero-order chi connectivity index (χ0) is 14.6. The van der Waals surface area contributed by atoms with E-state index >= 15 is 0 Å². The minimum absolute atomic E-state index is 0.194. The van der Waals surface area contributed by atoms with Gasteiger partial charge in [-0.1, -0.05) is 0 Å². The second-order valence-electron chi connectivity index (χ2n) is 3.59. The lowest BCUT2D eigenvalue weighted by Gasteiger charge is -2.07. The molecule has 0 unspecified atom stereocenters. The Hall–Kier alpha value is -1.57. The molecule has 1 rings (SSSR count). The molecule has 0 saturated carbocycles. The molecule has 0 N–H and O–H groups in total. The highest BCUT2D eigenvalue weighted by Crippen LogP contribution is 2.17. The Labute approximate surface area is 104 Å². The van der Waals surface area contributed by atoms with Gasteiger partial charge < -0.3 is 4.74 Å². The summed E-state index contributed by atoms with van der Waals surface area (Å²) in [6.45, 7) is -2.14. The maximum Gasteiger partial charge on any atom is 0.411 e. The van der Waals surface area contributed by atoms with Crippen LogP contribution in [0.4, 0.5) is 26.3 Å². The van der Waals surface area contributed by atoms with Crippen molar-refractivity contribution in [2.24, 2.45) is 0 Å². The molecule has 0 aliphatic heterocycles. The van der Waals surface area contributed by atoms with E-state index in [-0.39, 0.29) is 6.07 Å². The zero-order valence-electron chi connectivity index (χ0n) is 9.36. The molecule has 2 nitrogen and oxygen atoms in total. The number of halogens is 6. The first kappa shape index (κ1) is 15.5. The molecule has 0 aromatic heterocycles. The molecule has 0 bridgehead atoms. The fourth-order valence-corrected chi connectivity index (χ4v) is 1.22. The van der Waals surface area contributed by atoms with Crippen LogP contribution in [0.15, 0.2) is 12.1 Å². The third-order valence-electron chi connectivity index (χ3n) is 2.05. The third kappa shape index (κ3) is 4.90. The van der Waals surface area contributed by atoms with Gasteiger partial charge in [-0.05, 0) is 6.07 Å². The van der Waals surface area contributed by atoms with E-state index < -0.39 is 54.6 Å². The minimum Gasteiger partial charge on any atom is -0.372 e. The molecule has 0 radical (unpaired) electrons. The number of hydrogen-bond donors (Lipinski definition) is 0. The number of Topliss-reactive ketones (excluding diaryl/α,β-unsaturated/α-hetero) is 1. The second kappa shape index (κ2) is 6.05. The lowest BCUT2D eigenvalue weighted by molar-refractivity contribution is -0.173. The predicted octanol–water partition coefficient (Wildman–Crippen LogP) is 3.26. The molecule has 1 aromatic carbocycles. The Morgan fingerprint density at radius 1 is 1.05 bits per heavy atom. The molecule has 0 spiro atoms. The number of ketones is 1. The topological polar surface area (TPSA) is 26.3 Å². The number of carbonyl (C=O) groups is 1. The van der Waals surface area contributed by atoms with Gasteiger partial charge in [0, 0.05) is 12.5 Å². The quantitative estimate of drug-likeness (QED) is 0.359.